The number of thiazole rings is 1. The molecule has 0 unspecified atom stereocenters. The number of aromatic nitrogens is 1. The van der Waals surface area contributed by atoms with E-state index >= 15 is 0 Å². The molecule has 0 atom stereocenters. The Hall–Kier alpha value is -1.15. The molecule has 0 bridgehead atoms. The molecule has 4 nitrogen and oxygen atoms in total. The van der Waals surface area contributed by atoms with Crippen molar-refractivity contribution in [2.75, 3.05) is 11.9 Å². The van der Waals surface area contributed by atoms with Gasteiger partial charge in [0.25, 0.3) is 0 Å². The van der Waals surface area contributed by atoms with Gasteiger partial charge in [0, 0.05) is 29.4 Å². The van der Waals surface area contributed by atoms with Crippen molar-refractivity contribution < 1.29 is 0 Å². The quantitative estimate of drug-likeness (QED) is 0.399. The second-order valence-electron chi connectivity index (χ2n) is 6.82. The summed E-state index contributed by atoms with van der Waals surface area (Å²) in [6, 6.07) is 6.17. The van der Waals surface area contributed by atoms with Gasteiger partial charge < -0.3 is 11.1 Å². The van der Waals surface area contributed by atoms with Crippen LogP contribution >= 0.6 is 35.3 Å². The lowest BCUT2D eigenvalue weighted by molar-refractivity contribution is 0.571. The first-order valence-electron chi connectivity index (χ1n) is 7.85. The van der Waals surface area contributed by atoms with E-state index in [0.717, 1.165) is 22.8 Å². The van der Waals surface area contributed by atoms with Crippen LogP contribution in [-0.4, -0.2) is 17.5 Å². The molecule has 0 fully saturated rings. The number of rotatable bonds is 4. The number of hydrogen-bond acceptors (Lipinski definition) is 3. The maximum absolute atomic E-state index is 5.95. The molecule has 6 heteroatoms. The molecule has 0 spiro atoms. The predicted octanol–water partition coefficient (Wildman–Crippen LogP) is 4.64. The van der Waals surface area contributed by atoms with E-state index in [1.807, 2.05) is 6.07 Å². The molecule has 1 aromatic heterocycles. The number of aryl methyl sites for hydroxylation is 2. The van der Waals surface area contributed by atoms with Crippen LogP contribution in [0.25, 0.3) is 0 Å². The fourth-order valence-electron chi connectivity index (χ4n) is 2.05. The van der Waals surface area contributed by atoms with Crippen molar-refractivity contribution in [3.63, 3.8) is 0 Å². The Kier molecular flexibility index (Phi) is 7.66. The third kappa shape index (κ3) is 6.05. The molecule has 1 aromatic carbocycles. The molecule has 132 valence electrons. The predicted molar refractivity (Wildman–Crippen MR) is 116 cm³/mol. The summed E-state index contributed by atoms with van der Waals surface area (Å²) in [5.74, 6) is 0.445. The van der Waals surface area contributed by atoms with Gasteiger partial charge in [0.15, 0.2) is 5.96 Å². The first-order chi connectivity index (χ1) is 10.8. The Morgan fingerprint density at radius 3 is 2.54 bits per heavy atom. The van der Waals surface area contributed by atoms with E-state index in [9.17, 15) is 0 Å². The van der Waals surface area contributed by atoms with Crippen molar-refractivity contribution in [2.24, 2.45) is 10.7 Å². The average molecular weight is 458 g/mol. The topological polar surface area (TPSA) is 63.3 Å². The minimum absolute atomic E-state index is 0. The molecule has 0 aliphatic rings. The van der Waals surface area contributed by atoms with E-state index in [4.69, 9.17) is 5.73 Å². The molecule has 2 aromatic rings. The van der Waals surface area contributed by atoms with Crippen molar-refractivity contribution >= 4 is 47.0 Å². The molecular weight excluding hydrogens is 431 g/mol. The number of guanidine groups is 1. The van der Waals surface area contributed by atoms with Crippen LogP contribution in [0, 0.1) is 13.8 Å². The zero-order valence-electron chi connectivity index (χ0n) is 15.0. The maximum atomic E-state index is 5.95. The molecule has 2 rings (SSSR count). The lowest BCUT2D eigenvalue weighted by Crippen LogP contribution is -2.23. The highest BCUT2D eigenvalue weighted by molar-refractivity contribution is 14.0. The van der Waals surface area contributed by atoms with Crippen LogP contribution in [0.1, 0.15) is 42.6 Å². The van der Waals surface area contributed by atoms with E-state index < -0.39 is 0 Å². The van der Waals surface area contributed by atoms with Gasteiger partial charge in [0.05, 0.1) is 10.7 Å². The molecule has 0 saturated carbocycles. The first kappa shape index (κ1) is 20.9. The summed E-state index contributed by atoms with van der Waals surface area (Å²) in [7, 11) is 0. The summed E-state index contributed by atoms with van der Waals surface area (Å²) in [4.78, 5) is 9.06. The summed E-state index contributed by atoms with van der Waals surface area (Å²) >= 11 is 1.69. The van der Waals surface area contributed by atoms with Crippen molar-refractivity contribution in [2.45, 2.75) is 46.5 Å². The maximum Gasteiger partial charge on any atom is 0.193 e. The van der Waals surface area contributed by atoms with E-state index in [2.05, 4.69) is 67.4 Å². The molecular formula is C18H27IN4S. The molecule has 24 heavy (non-hydrogen) atoms. The largest absolute Gasteiger partial charge is 0.370 e. The van der Waals surface area contributed by atoms with Gasteiger partial charge in [0.1, 0.15) is 0 Å². The summed E-state index contributed by atoms with van der Waals surface area (Å²) in [5.41, 5.74) is 10.7. The zero-order chi connectivity index (χ0) is 17.0. The van der Waals surface area contributed by atoms with Gasteiger partial charge in [-0.2, -0.15) is 0 Å². The minimum atomic E-state index is 0. The summed E-state index contributed by atoms with van der Waals surface area (Å²) in [6.45, 7) is 11.3. The third-order valence-corrected chi connectivity index (χ3v) is 4.62. The molecule has 0 aliphatic heterocycles. The number of nitrogens with one attached hydrogen (secondary N) is 1. The Bertz CT molecular complexity index is 701. The number of nitrogens with zero attached hydrogens (tertiary/aromatic N) is 2. The van der Waals surface area contributed by atoms with Gasteiger partial charge in [-0.15, -0.1) is 35.3 Å². The second-order valence-corrected chi connectivity index (χ2v) is 7.76. The van der Waals surface area contributed by atoms with Gasteiger partial charge in [-0.05, 0) is 37.1 Å². The number of aliphatic imine (C=N–C) groups is 1. The molecule has 1 heterocycles. The van der Waals surface area contributed by atoms with Crippen LogP contribution < -0.4 is 11.1 Å². The van der Waals surface area contributed by atoms with Gasteiger partial charge in [-0.3, -0.25) is 4.99 Å². The first-order valence-corrected chi connectivity index (χ1v) is 8.73. The van der Waals surface area contributed by atoms with E-state index in [1.54, 1.807) is 11.3 Å². The third-order valence-electron chi connectivity index (χ3n) is 3.71. The van der Waals surface area contributed by atoms with Gasteiger partial charge >= 0.3 is 0 Å². The lowest BCUT2D eigenvalue weighted by Gasteiger charge is -2.14. The molecule has 0 aliphatic carbocycles. The Balaban J connectivity index is 0.00000288. The lowest BCUT2D eigenvalue weighted by atomic mass is 9.93. The van der Waals surface area contributed by atoms with Crippen molar-refractivity contribution in [3.05, 3.63) is 45.4 Å². The highest BCUT2D eigenvalue weighted by atomic mass is 127. The number of anilines is 1. The molecule has 0 saturated heterocycles. The SMILES string of the molecule is Cc1ccc(NC(N)=NCCc2nc(C(C)(C)C)cs2)cc1C.I. The summed E-state index contributed by atoms with van der Waals surface area (Å²) < 4.78 is 0. The van der Waals surface area contributed by atoms with E-state index in [0.29, 0.717) is 12.5 Å². The highest BCUT2D eigenvalue weighted by Crippen LogP contribution is 2.24. The number of hydrogen-bond donors (Lipinski definition) is 2. The van der Waals surface area contributed by atoms with E-state index in [-0.39, 0.29) is 29.4 Å². The van der Waals surface area contributed by atoms with Crippen LogP contribution in [0.3, 0.4) is 0 Å². The normalized spacial score (nSPS) is 12.0. The van der Waals surface area contributed by atoms with Crippen molar-refractivity contribution in [3.8, 4) is 0 Å². The van der Waals surface area contributed by atoms with Crippen LogP contribution in [0.4, 0.5) is 5.69 Å². The van der Waals surface area contributed by atoms with Crippen LogP contribution in [0.5, 0.6) is 0 Å². The van der Waals surface area contributed by atoms with Gasteiger partial charge in [-0.1, -0.05) is 26.8 Å². The Labute approximate surface area is 166 Å². The summed E-state index contributed by atoms with van der Waals surface area (Å²) in [6.07, 6.45) is 0.816. The molecule has 0 radical (unpaired) electrons. The van der Waals surface area contributed by atoms with Crippen LogP contribution in [0.2, 0.25) is 0 Å². The minimum Gasteiger partial charge on any atom is -0.370 e. The smallest absolute Gasteiger partial charge is 0.193 e. The average Bonchev–Trinajstić information content (AvgIpc) is 2.92. The Morgan fingerprint density at radius 2 is 1.96 bits per heavy atom. The van der Waals surface area contributed by atoms with Crippen LogP contribution in [0.15, 0.2) is 28.6 Å². The molecule has 0 amide bonds. The van der Waals surface area contributed by atoms with Crippen molar-refractivity contribution in [1.82, 2.24) is 4.98 Å². The fraction of sp³-hybridized carbons (Fsp3) is 0.444. The summed E-state index contributed by atoms with van der Waals surface area (Å²) in [5, 5.41) is 6.38. The fourth-order valence-corrected chi connectivity index (χ4v) is 3.06. The van der Waals surface area contributed by atoms with Gasteiger partial charge in [0.2, 0.25) is 0 Å². The van der Waals surface area contributed by atoms with Crippen LogP contribution in [-0.2, 0) is 11.8 Å². The molecule has 3 N–H and O–H groups in total. The van der Waals surface area contributed by atoms with E-state index in [1.165, 1.54) is 11.1 Å². The number of benzene rings is 1. The Morgan fingerprint density at radius 1 is 1.25 bits per heavy atom. The number of halogens is 1. The standard InChI is InChI=1S/C18H26N4S.HI/c1-12-6-7-14(10-13(12)2)21-17(19)20-9-8-16-22-15(11-23-16)18(3,4)5;/h6-7,10-11H,8-9H2,1-5H3,(H3,19,20,21);1H. The second kappa shape index (κ2) is 8.80. The van der Waals surface area contributed by atoms with Gasteiger partial charge in [-0.25, -0.2) is 4.98 Å². The van der Waals surface area contributed by atoms with Crippen molar-refractivity contribution in [1.29, 1.82) is 0 Å². The highest BCUT2D eigenvalue weighted by Gasteiger charge is 2.17. The zero-order valence-corrected chi connectivity index (χ0v) is 18.2. The monoisotopic (exact) mass is 458 g/mol. The number of nitrogens with two attached hydrogens (primary N) is 1.